The lowest BCUT2D eigenvalue weighted by Gasteiger charge is -2.18. The van der Waals surface area contributed by atoms with Crippen LogP contribution in [-0.4, -0.2) is 43.2 Å². The molecule has 14 heteroatoms. The largest absolute Gasteiger partial charge is 0.490 e. The van der Waals surface area contributed by atoms with E-state index in [-0.39, 0.29) is 11.3 Å². The van der Waals surface area contributed by atoms with Crippen molar-refractivity contribution in [2.75, 3.05) is 5.32 Å². The van der Waals surface area contributed by atoms with Crippen LogP contribution in [0.3, 0.4) is 0 Å². The molecule has 46 heavy (non-hydrogen) atoms. The number of hydrogen-bond donors (Lipinski definition) is 5. The third-order valence-electron chi connectivity index (χ3n) is 6.96. The highest BCUT2D eigenvalue weighted by molar-refractivity contribution is 6.06. The van der Waals surface area contributed by atoms with Gasteiger partial charge in [0.2, 0.25) is 0 Å². The minimum atomic E-state index is -5.08. The van der Waals surface area contributed by atoms with Gasteiger partial charge in [0.05, 0.1) is 16.9 Å². The van der Waals surface area contributed by atoms with Crippen molar-refractivity contribution >= 4 is 28.6 Å². The summed E-state index contributed by atoms with van der Waals surface area (Å²) >= 11 is 0. The third kappa shape index (κ3) is 7.53. The van der Waals surface area contributed by atoms with Crippen LogP contribution in [-0.2, 0) is 16.9 Å². The van der Waals surface area contributed by atoms with Crippen molar-refractivity contribution in [1.82, 2.24) is 15.0 Å². The number of aromatic amines is 1. The van der Waals surface area contributed by atoms with Gasteiger partial charge in [-0.15, -0.1) is 0 Å². The van der Waals surface area contributed by atoms with Crippen LogP contribution in [0, 0.1) is 18.6 Å². The molecule has 0 aliphatic heterocycles. The summed E-state index contributed by atoms with van der Waals surface area (Å²) in [5, 5.41) is 20.5. The lowest BCUT2D eigenvalue weighted by Crippen LogP contribution is -2.21. The molecule has 240 valence electrons. The van der Waals surface area contributed by atoms with Crippen LogP contribution in [0.15, 0.2) is 67.0 Å². The molecule has 0 saturated carbocycles. The normalized spacial score (nSPS) is 11.6. The monoisotopic (exact) mass is 641 g/mol. The number of carbonyl (C=O) groups is 2. The second kappa shape index (κ2) is 13.0. The van der Waals surface area contributed by atoms with Crippen molar-refractivity contribution in [3.05, 3.63) is 101 Å². The van der Waals surface area contributed by atoms with E-state index < -0.39 is 35.3 Å². The summed E-state index contributed by atoms with van der Waals surface area (Å²) in [5.41, 5.74) is 9.52. The number of nitrogens with zero attached hydrogens (tertiary/aromatic N) is 2. The van der Waals surface area contributed by atoms with Crippen LogP contribution < -0.4 is 11.1 Å². The van der Waals surface area contributed by atoms with Gasteiger partial charge >= 0.3 is 12.1 Å². The molecular weight excluding hydrogens is 613 g/mol. The highest BCUT2D eigenvalue weighted by Gasteiger charge is 2.38. The molecule has 0 atom stereocenters. The van der Waals surface area contributed by atoms with Gasteiger partial charge in [-0.2, -0.15) is 13.2 Å². The molecule has 0 radical (unpaired) electrons. The summed E-state index contributed by atoms with van der Waals surface area (Å²) < 4.78 is 61.3. The zero-order valence-corrected chi connectivity index (χ0v) is 24.6. The molecule has 0 aliphatic carbocycles. The van der Waals surface area contributed by atoms with E-state index in [4.69, 9.17) is 15.6 Å². The number of aliphatic hydroxyl groups is 1. The lowest BCUT2D eigenvalue weighted by molar-refractivity contribution is -0.192. The van der Waals surface area contributed by atoms with Gasteiger partial charge in [0.15, 0.2) is 0 Å². The number of carboxylic acids is 1. The Morgan fingerprint density at radius 1 is 0.978 bits per heavy atom. The van der Waals surface area contributed by atoms with Crippen LogP contribution in [0.5, 0.6) is 0 Å². The fourth-order valence-corrected chi connectivity index (χ4v) is 4.45. The summed E-state index contributed by atoms with van der Waals surface area (Å²) in [6, 6.07) is 16.1. The number of aliphatic carboxylic acids is 1. The number of rotatable bonds is 6. The van der Waals surface area contributed by atoms with E-state index in [0.717, 1.165) is 22.9 Å². The third-order valence-corrected chi connectivity index (χ3v) is 6.96. The van der Waals surface area contributed by atoms with E-state index in [2.05, 4.69) is 20.3 Å². The number of fused-ring (bicyclic) bond motifs is 1. The lowest BCUT2D eigenvalue weighted by atomic mass is 9.96. The summed E-state index contributed by atoms with van der Waals surface area (Å²) in [7, 11) is 0. The van der Waals surface area contributed by atoms with E-state index >= 15 is 0 Å². The van der Waals surface area contributed by atoms with Crippen molar-refractivity contribution in [1.29, 1.82) is 0 Å². The molecule has 3 aromatic carbocycles. The Hall–Kier alpha value is -5.21. The fourth-order valence-electron chi connectivity index (χ4n) is 4.45. The molecule has 0 bridgehead atoms. The Kier molecular flexibility index (Phi) is 9.54. The Bertz CT molecular complexity index is 1920. The predicted octanol–water partition coefficient (Wildman–Crippen LogP) is 6.45. The average Bonchev–Trinajstić information content (AvgIpc) is 3.43. The minimum absolute atomic E-state index is 0.181. The predicted molar refractivity (Wildman–Crippen MR) is 161 cm³/mol. The zero-order chi connectivity index (χ0) is 34.0. The molecule has 2 aromatic heterocycles. The van der Waals surface area contributed by atoms with Crippen molar-refractivity contribution in [2.45, 2.75) is 39.1 Å². The first-order valence-corrected chi connectivity index (χ1v) is 13.6. The van der Waals surface area contributed by atoms with Gasteiger partial charge in [-0.3, -0.25) is 4.79 Å². The number of H-pyrrole nitrogens is 1. The number of aromatic nitrogens is 3. The molecule has 0 fully saturated rings. The summed E-state index contributed by atoms with van der Waals surface area (Å²) in [6.07, 6.45) is -3.70. The van der Waals surface area contributed by atoms with Gasteiger partial charge in [-0.25, -0.2) is 23.5 Å². The maximum Gasteiger partial charge on any atom is 0.490 e. The van der Waals surface area contributed by atoms with Crippen molar-refractivity contribution < 1.29 is 41.8 Å². The molecule has 1 amide bonds. The molecule has 0 spiro atoms. The molecular formula is C32H28F5N5O4. The highest BCUT2D eigenvalue weighted by Crippen LogP contribution is 2.35. The quantitative estimate of drug-likeness (QED) is 0.134. The first-order valence-electron chi connectivity index (χ1n) is 13.6. The van der Waals surface area contributed by atoms with Gasteiger partial charge in [0.1, 0.15) is 23.6 Å². The van der Waals surface area contributed by atoms with Crippen LogP contribution in [0.2, 0.25) is 0 Å². The van der Waals surface area contributed by atoms with E-state index in [9.17, 15) is 31.9 Å². The summed E-state index contributed by atoms with van der Waals surface area (Å²) in [6.45, 7) is 5.21. The van der Waals surface area contributed by atoms with Crippen LogP contribution in [0.1, 0.15) is 40.9 Å². The van der Waals surface area contributed by atoms with Crippen molar-refractivity contribution in [2.24, 2.45) is 5.73 Å². The van der Waals surface area contributed by atoms with Gasteiger partial charge in [-0.1, -0.05) is 30.3 Å². The molecule has 0 saturated heterocycles. The second-order valence-electron chi connectivity index (χ2n) is 10.7. The molecule has 5 rings (SSSR count). The second-order valence-corrected chi connectivity index (χ2v) is 10.7. The maximum absolute atomic E-state index is 14.8. The Balaban J connectivity index is 0.000000617. The Labute approximate surface area is 258 Å². The topological polar surface area (TPSA) is 154 Å². The number of carboxylic acid groups (broad SMARTS) is 1. The number of halogens is 5. The summed E-state index contributed by atoms with van der Waals surface area (Å²) in [4.78, 5) is 33.9. The first-order chi connectivity index (χ1) is 21.5. The summed E-state index contributed by atoms with van der Waals surface area (Å²) in [5.74, 6) is -4.89. The van der Waals surface area contributed by atoms with Gasteiger partial charge in [0.25, 0.3) is 5.91 Å². The number of anilines is 1. The molecule has 0 aliphatic rings. The van der Waals surface area contributed by atoms with Crippen molar-refractivity contribution in [3.8, 4) is 22.5 Å². The molecule has 0 unspecified atom stereocenters. The van der Waals surface area contributed by atoms with E-state index in [1.165, 1.54) is 44.4 Å². The molecule has 9 nitrogen and oxygen atoms in total. The minimum Gasteiger partial charge on any atom is -0.475 e. The molecule has 2 heterocycles. The standard InChI is InChI=1S/C30H27F2N5O2.C2HF3O2/c1-16-22(27-23-13-26(36-28(23)35-15-34-27)18-6-4-17(14-33)5-7-18)11-20(31)12-25(16)37-29(38)21-9-8-19(10-24(21)32)30(2,3)39;3-2(4,5)1(6)7/h4-13,15,39H,14,33H2,1-3H3,(H,37,38)(H,34,35,36);(H,6,7). The van der Waals surface area contributed by atoms with Crippen LogP contribution in [0.25, 0.3) is 33.5 Å². The van der Waals surface area contributed by atoms with Gasteiger partial charge in [0, 0.05) is 28.9 Å². The number of amides is 1. The Morgan fingerprint density at radius 2 is 1.63 bits per heavy atom. The van der Waals surface area contributed by atoms with Crippen LogP contribution in [0.4, 0.5) is 27.6 Å². The molecule has 5 aromatic rings. The number of nitrogens with two attached hydrogens (primary N) is 1. The van der Waals surface area contributed by atoms with E-state index in [1.54, 1.807) is 6.92 Å². The number of carbonyl (C=O) groups excluding carboxylic acids is 1. The average molecular weight is 642 g/mol. The number of alkyl halides is 3. The smallest absolute Gasteiger partial charge is 0.475 e. The molecule has 6 N–H and O–H groups in total. The maximum atomic E-state index is 14.8. The SMILES string of the molecule is Cc1c(NC(=O)c2ccc(C(C)(C)O)cc2F)cc(F)cc1-c1ncnc2[nH]c(-c3ccc(CN)cc3)cc12.O=C(O)C(F)(F)F. The Morgan fingerprint density at radius 3 is 2.20 bits per heavy atom. The zero-order valence-electron chi connectivity index (χ0n) is 24.6. The number of nitrogens with one attached hydrogen (secondary N) is 2. The fraction of sp³-hybridized carbons (Fsp3) is 0.188. The van der Waals surface area contributed by atoms with Crippen molar-refractivity contribution in [3.63, 3.8) is 0 Å². The van der Waals surface area contributed by atoms with E-state index in [0.29, 0.717) is 40.0 Å². The number of hydrogen-bond acceptors (Lipinski definition) is 6. The number of benzene rings is 3. The first kappa shape index (κ1) is 33.7. The van der Waals surface area contributed by atoms with E-state index in [1.807, 2.05) is 30.3 Å². The van der Waals surface area contributed by atoms with Gasteiger partial charge < -0.3 is 26.2 Å². The van der Waals surface area contributed by atoms with Crippen LogP contribution >= 0.6 is 0 Å². The highest BCUT2D eigenvalue weighted by atomic mass is 19.4. The van der Waals surface area contributed by atoms with Gasteiger partial charge in [-0.05, 0) is 73.4 Å².